The zero-order valence-electron chi connectivity index (χ0n) is 8.67. The zero-order valence-corrected chi connectivity index (χ0v) is 10.2. The molecule has 0 radical (unpaired) electrons. The molecule has 2 heterocycles. The molecule has 0 unspecified atom stereocenters. The molecule has 0 aromatic carbocycles. The van der Waals surface area contributed by atoms with Crippen LogP contribution in [-0.2, 0) is 6.18 Å². The van der Waals surface area contributed by atoms with Crippen LogP contribution in [0.4, 0.5) is 13.2 Å². The van der Waals surface area contributed by atoms with Gasteiger partial charge in [-0.2, -0.15) is 13.2 Å². The second-order valence-corrected chi connectivity index (χ2v) is 4.21. The lowest BCUT2D eigenvalue weighted by atomic mass is 10.1. The van der Waals surface area contributed by atoms with Crippen molar-refractivity contribution >= 4 is 23.2 Å². The first-order valence-corrected chi connectivity index (χ1v) is 5.48. The van der Waals surface area contributed by atoms with Gasteiger partial charge in [-0.15, -0.1) is 0 Å². The van der Waals surface area contributed by atoms with Gasteiger partial charge in [-0.3, -0.25) is 4.98 Å². The predicted octanol–water partition coefficient (Wildman–Crippen LogP) is 4.47. The third-order valence-corrected chi connectivity index (χ3v) is 2.54. The molecule has 2 aromatic rings. The van der Waals surface area contributed by atoms with Gasteiger partial charge in [-0.1, -0.05) is 23.2 Å². The molecule has 0 aliphatic rings. The fraction of sp³-hybridized carbons (Fsp3) is 0.0909. The van der Waals surface area contributed by atoms with Gasteiger partial charge in [0.25, 0.3) is 0 Å². The summed E-state index contributed by atoms with van der Waals surface area (Å²) in [5.74, 6) is 0. The summed E-state index contributed by atoms with van der Waals surface area (Å²) in [7, 11) is 0. The minimum atomic E-state index is -4.40. The Bertz CT molecular complexity index is 547. The Morgan fingerprint density at radius 2 is 1.61 bits per heavy atom. The molecule has 0 aliphatic carbocycles. The summed E-state index contributed by atoms with van der Waals surface area (Å²) in [5, 5.41) is 0.304. The number of rotatable bonds is 1. The Balaban J connectivity index is 2.40. The molecule has 0 atom stereocenters. The van der Waals surface area contributed by atoms with Gasteiger partial charge < -0.3 is 0 Å². The number of aromatic nitrogens is 2. The van der Waals surface area contributed by atoms with Crippen molar-refractivity contribution in [2.75, 3.05) is 0 Å². The minimum absolute atomic E-state index is 0.152. The van der Waals surface area contributed by atoms with Crippen LogP contribution >= 0.6 is 23.2 Å². The van der Waals surface area contributed by atoms with E-state index in [-0.39, 0.29) is 10.3 Å². The fourth-order valence-corrected chi connectivity index (χ4v) is 1.81. The summed E-state index contributed by atoms with van der Waals surface area (Å²) in [6.45, 7) is 0. The Labute approximate surface area is 110 Å². The highest BCUT2D eigenvalue weighted by Crippen LogP contribution is 2.30. The Kier molecular flexibility index (Phi) is 3.45. The second kappa shape index (κ2) is 4.74. The van der Waals surface area contributed by atoms with Crippen LogP contribution in [0.3, 0.4) is 0 Å². The van der Waals surface area contributed by atoms with Gasteiger partial charge in [0, 0.05) is 11.8 Å². The maximum absolute atomic E-state index is 12.4. The molecule has 0 bridgehead atoms. The number of alkyl halides is 3. The number of halogens is 5. The maximum Gasteiger partial charge on any atom is 0.417 e. The molecule has 0 fully saturated rings. The Hall–Kier alpha value is -1.33. The lowest BCUT2D eigenvalue weighted by Crippen LogP contribution is -2.05. The van der Waals surface area contributed by atoms with Crippen LogP contribution in [0.2, 0.25) is 10.3 Å². The lowest BCUT2D eigenvalue weighted by Gasteiger charge is -2.07. The molecule has 0 saturated heterocycles. The van der Waals surface area contributed by atoms with E-state index in [2.05, 4.69) is 9.97 Å². The third kappa shape index (κ3) is 2.91. The molecule has 94 valence electrons. The standard InChI is InChI=1S/C11H5Cl2F3N2/c12-9-3-6(4-10(13)18-9)8-2-1-7(5-17-8)11(14,15)16/h1-5H. The minimum Gasteiger partial charge on any atom is -0.256 e. The molecule has 0 N–H and O–H groups in total. The fourth-order valence-electron chi connectivity index (χ4n) is 1.35. The van der Waals surface area contributed by atoms with Crippen molar-refractivity contribution in [1.29, 1.82) is 0 Å². The SMILES string of the molecule is FC(F)(F)c1ccc(-c2cc(Cl)nc(Cl)c2)nc1. The molecule has 0 saturated carbocycles. The van der Waals surface area contributed by atoms with Crippen LogP contribution in [-0.4, -0.2) is 9.97 Å². The van der Waals surface area contributed by atoms with Gasteiger partial charge in [0.2, 0.25) is 0 Å². The summed E-state index contributed by atoms with van der Waals surface area (Å²) >= 11 is 11.4. The first kappa shape index (κ1) is 13.1. The number of nitrogens with zero attached hydrogens (tertiary/aromatic N) is 2. The molecule has 0 spiro atoms. The van der Waals surface area contributed by atoms with E-state index in [0.29, 0.717) is 11.3 Å². The quantitative estimate of drug-likeness (QED) is 0.725. The average Bonchev–Trinajstić information content (AvgIpc) is 2.27. The van der Waals surface area contributed by atoms with E-state index in [1.165, 1.54) is 18.2 Å². The molecular weight excluding hydrogens is 288 g/mol. The van der Waals surface area contributed by atoms with Crippen molar-refractivity contribution in [3.05, 3.63) is 46.3 Å². The molecule has 2 aromatic heterocycles. The highest BCUT2D eigenvalue weighted by atomic mass is 35.5. The summed E-state index contributed by atoms with van der Waals surface area (Å²) in [6, 6.07) is 5.15. The van der Waals surface area contributed by atoms with E-state index in [9.17, 15) is 13.2 Å². The summed E-state index contributed by atoms with van der Waals surface area (Å²) < 4.78 is 37.1. The van der Waals surface area contributed by atoms with E-state index in [1.54, 1.807) is 0 Å². The van der Waals surface area contributed by atoms with E-state index in [4.69, 9.17) is 23.2 Å². The highest BCUT2D eigenvalue weighted by Gasteiger charge is 2.30. The van der Waals surface area contributed by atoms with Crippen molar-refractivity contribution < 1.29 is 13.2 Å². The van der Waals surface area contributed by atoms with E-state index in [1.807, 2.05) is 0 Å². The summed E-state index contributed by atoms with van der Waals surface area (Å²) in [6.07, 6.45) is -3.64. The second-order valence-electron chi connectivity index (χ2n) is 3.43. The highest BCUT2D eigenvalue weighted by molar-refractivity contribution is 6.32. The van der Waals surface area contributed by atoms with Gasteiger partial charge >= 0.3 is 6.18 Å². The van der Waals surface area contributed by atoms with E-state index >= 15 is 0 Å². The lowest BCUT2D eigenvalue weighted by molar-refractivity contribution is -0.137. The monoisotopic (exact) mass is 292 g/mol. The van der Waals surface area contributed by atoms with Crippen LogP contribution in [0.15, 0.2) is 30.5 Å². The van der Waals surface area contributed by atoms with Gasteiger partial charge in [0.15, 0.2) is 0 Å². The van der Waals surface area contributed by atoms with Crippen molar-refractivity contribution in [2.45, 2.75) is 6.18 Å². The molecule has 0 amide bonds. The van der Waals surface area contributed by atoms with E-state index < -0.39 is 11.7 Å². The van der Waals surface area contributed by atoms with Crippen molar-refractivity contribution in [3.63, 3.8) is 0 Å². The Morgan fingerprint density at radius 1 is 1.00 bits per heavy atom. The van der Waals surface area contributed by atoms with Crippen molar-refractivity contribution in [3.8, 4) is 11.3 Å². The Morgan fingerprint density at radius 3 is 2.06 bits per heavy atom. The topological polar surface area (TPSA) is 25.8 Å². The molecule has 2 rings (SSSR count). The molecule has 2 nitrogen and oxygen atoms in total. The molecule has 7 heteroatoms. The van der Waals surface area contributed by atoms with Crippen LogP contribution < -0.4 is 0 Å². The van der Waals surface area contributed by atoms with E-state index in [0.717, 1.165) is 12.3 Å². The molecule has 18 heavy (non-hydrogen) atoms. The molecular formula is C11H5Cl2F3N2. The average molecular weight is 293 g/mol. The van der Waals surface area contributed by atoms with Crippen LogP contribution in [0.25, 0.3) is 11.3 Å². The largest absolute Gasteiger partial charge is 0.417 e. The first-order valence-electron chi connectivity index (χ1n) is 4.73. The summed E-state index contributed by atoms with van der Waals surface area (Å²) in [4.78, 5) is 7.47. The third-order valence-electron chi connectivity index (χ3n) is 2.15. The van der Waals surface area contributed by atoms with Crippen molar-refractivity contribution in [2.24, 2.45) is 0 Å². The summed E-state index contributed by atoms with van der Waals surface area (Å²) in [5.41, 5.74) is 0.0421. The van der Waals surface area contributed by atoms with Crippen LogP contribution in [0, 0.1) is 0 Å². The van der Waals surface area contributed by atoms with Gasteiger partial charge in [0.05, 0.1) is 11.3 Å². The van der Waals surface area contributed by atoms with Gasteiger partial charge in [-0.05, 0) is 24.3 Å². The predicted molar refractivity (Wildman–Crippen MR) is 62.5 cm³/mol. The normalized spacial score (nSPS) is 11.6. The van der Waals surface area contributed by atoms with Crippen LogP contribution in [0.1, 0.15) is 5.56 Å². The van der Waals surface area contributed by atoms with Crippen molar-refractivity contribution in [1.82, 2.24) is 9.97 Å². The first-order chi connectivity index (χ1) is 8.36. The van der Waals surface area contributed by atoms with Crippen LogP contribution in [0.5, 0.6) is 0 Å². The number of pyridine rings is 2. The number of hydrogen-bond donors (Lipinski definition) is 0. The maximum atomic E-state index is 12.4. The van der Waals surface area contributed by atoms with Gasteiger partial charge in [-0.25, -0.2) is 4.98 Å². The number of hydrogen-bond acceptors (Lipinski definition) is 2. The smallest absolute Gasteiger partial charge is 0.256 e. The zero-order chi connectivity index (χ0) is 13.3. The van der Waals surface area contributed by atoms with Gasteiger partial charge in [0.1, 0.15) is 10.3 Å². The molecule has 0 aliphatic heterocycles.